The van der Waals surface area contributed by atoms with Crippen molar-refractivity contribution in [3.8, 4) is 0 Å². The lowest BCUT2D eigenvalue weighted by molar-refractivity contribution is -0.120. The number of nitrogens with one attached hydrogen (secondary N) is 1. The first kappa shape index (κ1) is 19.5. The summed E-state index contributed by atoms with van der Waals surface area (Å²) in [7, 11) is -3.41. The molecule has 0 aromatic heterocycles. The summed E-state index contributed by atoms with van der Waals surface area (Å²) >= 11 is 1.74. The van der Waals surface area contributed by atoms with Gasteiger partial charge in [0.15, 0.2) is 9.84 Å². The highest BCUT2D eigenvalue weighted by Crippen LogP contribution is 2.13. The maximum absolute atomic E-state index is 12.2. The van der Waals surface area contributed by atoms with E-state index in [9.17, 15) is 13.2 Å². The van der Waals surface area contributed by atoms with Crippen LogP contribution in [0.4, 0.5) is 0 Å². The van der Waals surface area contributed by atoms with Crippen LogP contribution in [-0.4, -0.2) is 32.4 Å². The van der Waals surface area contributed by atoms with Crippen LogP contribution in [-0.2, 0) is 20.4 Å². The second-order valence-corrected chi connectivity index (χ2v) is 8.98. The molecule has 0 spiro atoms. The molecular weight excluding hydrogens is 354 g/mol. The molecule has 0 radical (unpaired) electrons. The van der Waals surface area contributed by atoms with Gasteiger partial charge >= 0.3 is 0 Å². The van der Waals surface area contributed by atoms with E-state index >= 15 is 0 Å². The van der Waals surface area contributed by atoms with Gasteiger partial charge in [-0.25, -0.2) is 8.42 Å². The van der Waals surface area contributed by atoms with Crippen molar-refractivity contribution in [2.24, 2.45) is 0 Å². The summed E-state index contributed by atoms with van der Waals surface area (Å²) in [5, 5.41) is 2.78. The summed E-state index contributed by atoms with van der Waals surface area (Å²) in [6.07, 6.45) is -0.0143. The molecule has 2 aromatic carbocycles. The first-order valence-corrected chi connectivity index (χ1v) is 11.0. The highest BCUT2D eigenvalue weighted by Gasteiger charge is 2.16. The molecule has 0 atom stereocenters. The molecule has 0 unspecified atom stereocenters. The predicted molar refractivity (Wildman–Crippen MR) is 103 cm³/mol. The molecule has 25 heavy (non-hydrogen) atoms. The van der Waals surface area contributed by atoms with Gasteiger partial charge in [-0.2, -0.15) is 11.8 Å². The molecule has 0 saturated carbocycles. The Morgan fingerprint density at radius 1 is 1.04 bits per heavy atom. The molecule has 0 fully saturated rings. The van der Waals surface area contributed by atoms with E-state index in [1.54, 1.807) is 36.0 Å². The van der Waals surface area contributed by atoms with E-state index in [1.807, 2.05) is 25.1 Å². The Balaban J connectivity index is 1.65. The van der Waals surface area contributed by atoms with Crippen LogP contribution in [0.15, 0.2) is 59.5 Å². The molecule has 1 N–H and O–H groups in total. The summed E-state index contributed by atoms with van der Waals surface area (Å²) in [6, 6.07) is 16.8. The normalized spacial score (nSPS) is 11.2. The van der Waals surface area contributed by atoms with Crippen molar-refractivity contribution in [1.82, 2.24) is 5.32 Å². The molecule has 0 bridgehead atoms. The quantitative estimate of drug-likeness (QED) is 0.682. The molecule has 4 nitrogen and oxygen atoms in total. The number of carbonyl (C=O) groups excluding carboxylic acids is 1. The van der Waals surface area contributed by atoms with Crippen molar-refractivity contribution in [3.05, 3.63) is 65.7 Å². The minimum Gasteiger partial charge on any atom is -0.355 e. The van der Waals surface area contributed by atoms with Gasteiger partial charge in [-0.1, -0.05) is 48.0 Å². The van der Waals surface area contributed by atoms with Crippen LogP contribution in [0.1, 0.15) is 17.5 Å². The largest absolute Gasteiger partial charge is 0.355 e. The number of hydrogen-bond donors (Lipinski definition) is 1. The van der Waals surface area contributed by atoms with Crippen molar-refractivity contribution in [2.45, 2.75) is 24.0 Å². The molecule has 0 heterocycles. The fourth-order valence-electron chi connectivity index (χ4n) is 2.21. The van der Waals surface area contributed by atoms with Crippen molar-refractivity contribution in [1.29, 1.82) is 0 Å². The van der Waals surface area contributed by atoms with Crippen LogP contribution in [0.3, 0.4) is 0 Å². The Hall–Kier alpha value is -1.79. The van der Waals surface area contributed by atoms with Crippen LogP contribution >= 0.6 is 11.8 Å². The Morgan fingerprint density at radius 2 is 1.72 bits per heavy atom. The van der Waals surface area contributed by atoms with Gasteiger partial charge in [0.1, 0.15) is 0 Å². The number of sulfone groups is 1. The maximum atomic E-state index is 12.2. The van der Waals surface area contributed by atoms with Gasteiger partial charge < -0.3 is 5.32 Å². The fraction of sp³-hybridized carbons (Fsp3) is 0.316. The van der Waals surface area contributed by atoms with Crippen LogP contribution in [0, 0.1) is 6.92 Å². The van der Waals surface area contributed by atoms with E-state index in [4.69, 9.17) is 0 Å². The van der Waals surface area contributed by atoms with Crippen LogP contribution in [0.2, 0.25) is 0 Å². The van der Waals surface area contributed by atoms with Crippen LogP contribution < -0.4 is 5.32 Å². The van der Waals surface area contributed by atoms with Gasteiger partial charge in [0.25, 0.3) is 0 Å². The topological polar surface area (TPSA) is 63.2 Å². The van der Waals surface area contributed by atoms with Gasteiger partial charge in [0.05, 0.1) is 10.6 Å². The van der Waals surface area contributed by atoms with E-state index in [-0.39, 0.29) is 23.0 Å². The third-order valence-corrected chi connectivity index (χ3v) is 6.42. The van der Waals surface area contributed by atoms with Crippen molar-refractivity contribution >= 4 is 27.5 Å². The van der Waals surface area contributed by atoms with E-state index in [2.05, 4.69) is 17.4 Å². The van der Waals surface area contributed by atoms with Gasteiger partial charge in [-0.15, -0.1) is 0 Å². The first-order valence-electron chi connectivity index (χ1n) is 8.15. The zero-order valence-corrected chi connectivity index (χ0v) is 15.9. The van der Waals surface area contributed by atoms with Gasteiger partial charge in [0, 0.05) is 24.5 Å². The highest BCUT2D eigenvalue weighted by atomic mass is 32.2. The third-order valence-electron chi connectivity index (χ3n) is 3.66. The summed E-state index contributed by atoms with van der Waals surface area (Å²) in [5.74, 6) is 1.30. The number of benzene rings is 2. The SMILES string of the molecule is Cc1ccc(S(=O)(=O)CCC(=O)NCCSCc2ccccc2)cc1. The molecule has 6 heteroatoms. The molecule has 0 aliphatic rings. The Morgan fingerprint density at radius 3 is 2.40 bits per heavy atom. The summed E-state index contributed by atoms with van der Waals surface area (Å²) in [4.78, 5) is 12.1. The summed E-state index contributed by atoms with van der Waals surface area (Å²) < 4.78 is 24.4. The van der Waals surface area contributed by atoms with Gasteiger partial charge in [-0.05, 0) is 24.6 Å². The van der Waals surface area contributed by atoms with E-state index in [0.29, 0.717) is 6.54 Å². The zero-order chi connectivity index (χ0) is 18.1. The summed E-state index contributed by atoms with van der Waals surface area (Å²) in [5.41, 5.74) is 2.26. The number of thioether (sulfide) groups is 1. The van der Waals surface area contributed by atoms with E-state index in [1.165, 1.54) is 5.56 Å². The molecule has 134 valence electrons. The number of aryl methyl sites for hydroxylation is 1. The second-order valence-electron chi connectivity index (χ2n) is 5.77. The molecule has 2 rings (SSSR count). The van der Waals surface area contributed by atoms with Crippen molar-refractivity contribution in [2.75, 3.05) is 18.1 Å². The standard InChI is InChI=1S/C19H23NO3S2/c1-16-7-9-18(10-8-16)25(22,23)14-11-19(21)20-12-13-24-15-17-5-3-2-4-6-17/h2-10H,11-15H2,1H3,(H,20,21). The smallest absolute Gasteiger partial charge is 0.221 e. The van der Waals surface area contributed by atoms with E-state index < -0.39 is 9.84 Å². The Kier molecular flexibility index (Phi) is 7.52. The molecule has 2 aromatic rings. The van der Waals surface area contributed by atoms with Crippen LogP contribution in [0.5, 0.6) is 0 Å². The average Bonchev–Trinajstić information content (AvgIpc) is 2.61. The van der Waals surface area contributed by atoms with E-state index in [0.717, 1.165) is 17.1 Å². The molecule has 0 saturated heterocycles. The monoisotopic (exact) mass is 377 g/mol. The lowest BCUT2D eigenvalue weighted by Crippen LogP contribution is -2.27. The van der Waals surface area contributed by atoms with Crippen LogP contribution in [0.25, 0.3) is 0 Å². The fourth-order valence-corrected chi connectivity index (χ4v) is 4.27. The number of carbonyl (C=O) groups is 1. The first-order chi connectivity index (χ1) is 12.0. The van der Waals surface area contributed by atoms with Gasteiger partial charge in [0.2, 0.25) is 5.91 Å². The third kappa shape index (κ3) is 6.92. The Bertz CT molecular complexity index is 772. The minimum atomic E-state index is -3.41. The predicted octanol–water partition coefficient (Wildman–Crippen LogP) is 3.21. The lowest BCUT2D eigenvalue weighted by atomic mass is 10.2. The molecule has 0 aliphatic heterocycles. The zero-order valence-electron chi connectivity index (χ0n) is 14.3. The average molecular weight is 378 g/mol. The second kappa shape index (κ2) is 9.63. The molecular formula is C19H23NO3S2. The van der Waals surface area contributed by atoms with Gasteiger partial charge in [-0.3, -0.25) is 4.79 Å². The number of hydrogen-bond acceptors (Lipinski definition) is 4. The summed E-state index contributed by atoms with van der Waals surface area (Å²) in [6.45, 7) is 2.45. The molecule has 0 aliphatic carbocycles. The minimum absolute atomic E-state index is 0.0143. The maximum Gasteiger partial charge on any atom is 0.221 e. The molecule has 1 amide bonds. The lowest BCUT2D eigenvalue weighted by Gasteiger charge is -2.07. The van der Waals surface area contributed by atoms with Crippen molar-refractivity contribution < 1.29 is 13.2 Å². The Labute approximate surface area is 154 Å². The van der Waals surface area contributed by atoms with Crippen molar-refractivity contribution in [3.63, 3.8) is 0 Å². The number of rotatable bonds is 9. The highest BCUT2D eigenvalue weighted by molar-refractivity contribution is 7.98. The number of amides is 1.